The van der Waals surface area contributed by atoms with E-state index in [9.17, 15) is 4.79 Å². The molecule has 9 aromatic rings. The summed E-state index contributed by atoms with van der Waals surface area (Å²) >= 11 is 3.55. The van der Waals surface area contributed by atoms with E-state index < -0.39 is 0 Å². The van der Waals surface area contributed by atoms with Crippen LogP contribution in [0.2, 0.25) is 0 Å². The van der Waals surface area contributed by atoms with Crippen LogP contribution >= 0.6 is 22.7 Å². The van der Waals surface area contributed by atoms with Crippen molar-refractivity contribution in [2.75, 3.05) is 0 Å². The second kappa shape index (κ2) is 9.11. The lowest BCUT2D eigenvalue weighted by Crippen LogP contribution is -2.01. The van der Waals surface area contributed by atoms with Gasteiger partial charge in [0.25, 0.3) is 0 Å². The first kappa shape index (κ1) is 24.8. The van der Waals surface area contributed by atoms with Gasteiger partial charge in [-0.3, -0.25) is 4.79 Å². The molecule has 0 amide bonds. The zero-order valence-electron chi connectivity index (χ0n) is 23.6. The maximum absolute atomic E-state index is 13.5. The van der Waals surface area contributed by atoms with Crippen molar-refractivity contribution in [2.24, 2.45) is 0 Å². The quantitative estimate of drug-likeness (QED) is 0.184. The molecule has 4 heteroatoms. The predicted molar refractivity (Wildman–Crippen MR) is 188 cm³/mol. The Balaban J connectivity index is 1.32. The van der Waals surface area contributed by atoms with Crippen LogP contribution in [0.1, 0.15) is 11.1 Å². The maximum Gasteiger partial charge on any atom is 0.195 e. The highest BCUT2D eigenvalue weighted by Crippen LogP contribution is 2.44. The Morgan fingerprint density at radius 1 is 0.512 bits per heavy atom. The van der Waals surface area contributed by atoms with Crippen molar-refractivity contribution in [1.82, 2.24) is 4.57 Å². The second-order valence-corrected chi connectivity index (χ2v) is 13.5. The maximum atomic E-state index is 13.5. The third-order valence-electron chi connectivity index (χ3n) is 8.87. The van der Waals surface area contributed by atoms with Crippen LogP contribution < -0.4 is 5.43 Å². The summed E-state index contributed by atoms with van der Waals surface area (Å²) in [6, 6.07) is 40.8. The Bertz CT molecular complexity index is 2670. The number of aryl methyl sites for hydroxylation is 2. The molecule has 0 saturated heterocycles. The summed E-state index contributed by atoms with van der Waals surface area (Å²) < 4.78 is 7.16. The van der Waals surface area contributed by atoms with Gasteiger partial charge in [-0.15, -0.1) is 22.7 Å². The number of hydrogen-bond donors (Lipinski definition) is 0. The lowest BCUT2D eigenvalue weighted by molar-refractivity contribution is 1.16. The molecule has 0 fully saturated rings. The van der Waals surface area contributed by atoms with Crippen LogP contribution in [-0.2, 0) is 0 Å². The van der Waals surface area contributed by atoms with Crippen LogP contribution in [-0.4, -0.2) is 4.57 Å². The molecular formula is C39H25NOS2. The molecule has 6 aromatic carbocycles. The number of benzene rings is 6. The average molecular weight is 588 g/mol. The summed E-state index contributed by atoms with van der Waals surface area (Å²) in [5.74, 6) is 0. The van der Waals surface area contributed by atoms with Crippen LogP contribution in [0.15, 0.2) is 120 Å². The summed E-state index contributed by atoms with van der Waals surface area (Å²) in [4.78, 5) is 13.5. The summed E-state index contributed by atoms with van der Waals surface area (Å²) in [5, 5.41) is 6.80. The van der Waals surface area contributed by atoms with E-state index in [2.05, 4.69) is 109 Å². The molecule has 0 atom stereocenters. The third-order valence-corrected chi connectivity index (χ3v) is 11.1. The normalized spacial score (nSPS) is 12.0. The van der Waals surface area contributed by atoms with E-state index in [1.165, 1.54) is 53.1 Å². The molecule has 2 nitrogen and oxygen atoms in total. The van der Waals surface area contributed by atoms with Crippen molar-refractivity contribution in [3.8, 4) is 16.8 Å². The van der Waals surface area contributed by atoms with Gasteiger partial charge in [0.05, 0.1) is 11.0 Å². The van der Waals surface area contributed by atoms with Crippen molar-refractivity contribution < 1.29 is 0 Å². The van der Waals surface area contributed by atoms with Gasteiger partial charge in [0.2, 0.25) is 0 Å². The van der Waals surface area contributed by atoms with E-state index in [-0.39, 0.29) is 5.43 Å². The van der Waals surface area contributed by atoms with E-state index in [0.29, 0.717) is 0 Å². The van der Waals surface area contributed by atoms with E-state index in [1.807, 2.05) is 35.6 Å². The van der Waals surface area contributed by atoms with Gasteiger partial charge < -0.3 is 4.57 Å². The van der Waals surface area contributed by atoms with E-state index >= 15 is 0 Å². The molecule has 9 rings (SSSR count). The summed E-state index contributed by atoms with van der Waals surface area (Å²) in [7, 11) is 0. The van der Waals surface area contributed by atoms with Crippen LogP contribution in [0.3, 0.4) is 0 Å². The lowest BCUT2D eigenvalue weighted by Gasteiger charge is -2.13. The number of rotatable bonds is 2. The van der Waals surface area contributed by atoms with Crippen molar-refractivity contribution in [1.29, 1.82) is 0 Å². The number of fused-ring (bicyclic) bond motifs is 8. The first-order valence-electron chi connectivity index (χ1n) is 14.5. The third kappa shape index (κ3) is 3.54. The average Bonchev–Trinajstić information content (AvgIpc) is 3.58. The second-order valence-electron chi connectivity index (χ2n) is 11.4. The molecule has 204 valence electrons. The molecule has 0 N–H and O–H groups in total. The first-order chi connectivity index (χ1) is 21.1. The number of aromatic nitrogens is 1. The molecule has 0 saturated carbocycles. The molecular weight excluding hydrogens is 563 g/mol. The molecule has 0 unspecified atom stereocenters. The highest BCUT2D eigenvalue weighted by Gasteiger charge is 2.20. The first-order valence-corrected chi connectivity index (χ1v) is 16.1. The molecule has 0 spiro atoms. The van der Waals surface area contributed by atoms with Gasteiger partial charge in [-0.25, -0.2) is 0 Å². The lowest BCUT2D eigenvalue weighted by atomic mass is 10.0. The molecule has 43 heavy (non-hydrogen) atoms. The van der Waals surface area contributed by atoms with Gasteiger partial charge >= 0.3 is 0 Å². The minimum Gasteiger partial charge on any atom is -0.309 e. The van der Waals surface area contributed by atoms with Crippen LogP contribution in [0, 0.1) is 13.8 Å². The highest BCUT2D eigenvalue weighted by molar-refractivity contribution is 7.26. The van der Waals surface area contributed by atoms with Crippen LogP contribution in [0.5, 0.6) is 0 Å². The van der Waals surface area contributed by atoms with Gasteiger partial charge in [-0.2, -0.15) is 0 Å². The predicted octanol–water partition coefficient (Wildman–Crippen LogP) is 11.2. The van der Waals surface area contributed by atoms with E-state index in [0.717, 1.165) is 37.0 Å². The molecule has 0 radical (unpaired) electrons. The highest BCUT2D eigenvalue weighted by atomic mass is 32.1. The monoisotopic (exact) mass is 587 g/mol. The summed E-state index contributed by atoms with van der Waals surface area (Å²) in [5.41, 5.74) is 8.43. The summed E-state index contributed by atoms with van der Waals surface area (Å²) in [6.45, 7) is 4.49. The fourth-order valence-corrected chi connectivity index (χ4v) is 9.17. The van der Waals surface area contributed by atoms with Crippen molar-refractivity contribution in [3.63, 3.8) is 0 Å². The van der Waals surface area contributed by atoms with Crippen LogP contribution in [0.4, 0.5) is 0 Å². The molecule has 0 aliphatic carbocycles. The fraction of sp³-hybridized carbons (Fsp3) is 0.0513. The zero-order chi connectivity index (χ0) is 28.8. The number of para-hydroxylation sites is 1. The van der Waals surface area contributed by atoms with Gasteiger partial charge in [0.1, 0.15) is 0 Å². The Morgan fingerprint density at radius 2 is 1.19 bits per heavy atom. The standard InChI is InChI=1S/C39H25NOS2/c1-22-9-7-14-27-30-21-35-36(28-12-3-5-15-32(28)43-35)23(2)38(30)40(37(22)27)26-11-8-10-24(19-26)25-17-18-34-31(20-25)39(41)29-13-4-6-16-33(29)42-34/h3-21H,1-2H3. The van der Waals surface area contributed by atoms with Gasteiger partial charge in [0, 0.05) is 56.8 Å². The SMILES string of the molecule is Cc1cccc2c3cc4sc5ccccc5c4c(C)c3n(-c3cccc(-c4ccc5sc6ccccc6c(=O)c5c4)c3)c12. The largest absolute Gasteiger partial charge is 0.309 e. The topological polar surface area (TPSA) is 22.0 Å². The van der Waals surface area contributed by atoms with Crippen molar-refractivity contribution in [3.05, 3.63) is 137 Å². The minimum atomic E-state index is 0.100. The number of thiophene rings is 1. The van der Waals surface area contributed by atoms with E-state index in [1.54, 1.807) is 11.3 Å². The fourth-order valence-electron chi connectivity index (χ4n) is 6.92. The van der Waals surface area contributed by atoms with Crippen LogP contribution in [0.25, 0.3) is 79.0 Å². The van der Waals surface area contributed by atoms with Crippen molar-refractivity contribution >= 4 is 84.8 Å². The van der Waals surface area contributed by atoms with Crippen molar-refractivity contribution in [2.45, 2.75) is 13.8 Å². The Labute approximate surface area is 255 Å². The number of nitrogens with zero attached hydrogens (tertiary/aromatic N) is 1. The van der Waals surface area contributed by atoms with Gasteiger partial charge in [-0.05, 0) is 84.6 Å². The molecule has 3 aromatic heterocycles. The Hall–Kier alpha value is -4.77. The molecule has 3 heterocycles. The molecule has 0 aliphatic heterocycles. The minimum absolute atomic E-state index is 0.100. The number of hydrogen-bond acceptors (Lipinski definition) is 3. The van der Waals surface area contributed by atoms with Gasteiger partial charge in [0.15, 0.2) is 5.43 Å². The molecule has 0 aliphatic rings. The molecule has 0 bridgehead atoms. The Morgan fingerprint density at radius 3 is 2.05 bits per heavy atom. The summed E-state index contributed by atoms with van der Waals surface area (Å²) in [6.07, 6.45) is 0. The zero-order valence-corrected chi connectivity index (χ0v) is 25.3. The van der Waals surface area contributed by atoms with E-state index in [4.69, 9.17) is 0 Å². The smallest absolute Gasteiger partial charge is 0.195 e. The van der Waals surface area contributed by atoms with Gasteiger partial charge in [-0.1, -0.05) is 66.7 Å². The Kier molecular flexibility index (Phi) is 5.25.